The minimum atomic E-state index is -0.818. The van der Waals surface area contributed by atoms with E-state index in [-0.39, 0.29) is 6.10 Å². The Morgan fingerprint density at radius 3 is 2.80 bits per heavy atom. The summed E-state index contributed by atoms with van der Waals surface area (Å²) in [5, 5.41) is 3.29. The number of benzene rings is 1. The number of rotatable bonds is 6. The Hall–Kier alpha value is -2.44. The van der Waals surface area contributed by atoms with E-state index >= 15 is 0 Å². The summed E-state index contributed by atoms with van der Waals surface area (Å²) >= 11 is 0. The number of hydrogen-bond donors (Lipinski definition) is 1. The number of halogens is 2. The molecule has 1 aliphatic heterocycles. The van der Waals surface area contributed by atoms with Crippen molar-refractivity contribution in [1.82, 2.24) is 9.97 Å². The molecule has 7 heteroatoms. The van der Waals surface area contributed by atoms with Crippen molar-refractivity contribution in [1.29, 1.82) is 0 Å². The Kier molecular flexibility index (Phi) is 5.31. The average Bonchev–Trinajstić information content (AvgIpc) is 3.05. The van der Waals surface area contributed by atoms with Gasteiger partial charge in [0.05, 0.1) is 6.10 Å². The van der Waals surface area contributed by atoms with Crippen LogP contribution < -0.4 is 15.0 Å². The largest absolute Gasteiger partial charge is 0.472 e. The van der Waals surface area contributed by atoms with Crippen molar-refractivity contribution in [3.05, 3.63) is 42.2 Å². The highest BCUT2D eigenvalue weighted by Crippen LogP contribution is 2.26. The van der Waals surface area contributed by atoms with Gasteiger partial charge in [-0.25, -0.2) is 18.7 Å². The first-order chi connectivity index (χ1) is 12.0. The van der Waals surface area contributed by atoms with Crippen LogP contribution in [0.5, 0.6) is 5.88 Å². The maximum atomic E-state index is 13.4. The Bertz CT molecular complexity index is 726. The van der Waals surface area contributed by atoms with Crippen LogP contribution in [-0.4, -0.2) is 35.7 Å². The Morgan fingerprint density at radius 1 is 1.24 bits per heavy atom. The Balaban J connectivity index is 1.58. The topological polar surface area (TPSA) is 50.3 Å². The average molecular weight is 348 g/mol. The molecule has 1 aromatic carbocycles. The number of ether oxygens (including phenoxy) is 1. The molecule has 0 aliphatic carbocycles. The van der Waals surface area contributed by atoms with Gasteiger partial charge < -0.3 is 15.0 Å². The fraction of sp³-hybridized carbons (Fsp3) is 0.444. The van der Waals surface area contributed by atoms with Crippen LogP contribution >= 0.6 is 0 Å². The molecule has 25 heavy (non-hydrogen) atoms. The summed E-state index contributed by atoms with van der Waals surface area (Å²) in [6.07, 6.45) is 4.21. The number of hydrogen-bond acceptors (Lipinski definition) is 5. The minimum absolute atomic E-state index is 0.0209. The maximum Gasteiger partial charge on any atom is 0.257 e. The molecule has 2 heterocycles. The third-order valence-electron chi connectivity index (χ3n) is 4.12. The SMILES string of the molecule is CC(C)Oc1nccnc1NCC1CCN(c2ccc(F)c(F)c2)C1. The second kappa shape index (κ2) is 7.63. The standard InChI is InChI=1S/C18H22F2N4O/c1-12(2)25-18-17(21-6-7-22-18)23-10-13-5-8-24(11-13)14-3-4-15(19)16(20)9-14/h3-4,6-7,9,12-13H,5,8,10-11H2,1-2H3,(H,21,23). The van der Waals surface area contributed by atoms with Gasteiger partial charge in [0.25, 0.3) is 5.88 Å². The van der Waals surface area contributed by atoms with E-state index in [0.717, 1.165) is 19.5 Å². The van der Waals surface area contributed by atoms with Gasteiger partial charge in [0.15, 0.2) is 17.5 Å². The highest BCUT2D eigenvalue weighted by Gasteiger charge is 2.24. The molecule has 1 N–H and O–H groups in total. The van der Waals surface area contributed by atoms with E-state index < -0.39 is 11.6 Å². The number of nitrogens with one attached hydrogen (secondary N) is 1. The van der Waals surface area contributed by atoms with Crippen LogP contribution in [0, 0.1) is 17.6 Å². The van der Waals surface area contributed by atoms with E-state index in [4.69, 9.17) is 4.74 Å². The van der Waals surface area contributed by atoms with E-state index in [2.05, 4.69) is 20.2 Å². The number of anilines is 2. The number of aromatic nitrogens is 2. The zero-order chi connectivity index (χ0) is 17.8. The van der Waals surface area contributed by atoms with Gasteiger partial charge in [0.2, 0.25) is 0 Å². The second-order valence-electron chi connectivity index (χ2n) is 6.46. The van der Waals surface area contributed by atoms with E-state index in [1.165, 1.54) is 12.1 Å². The van der Waals surface area contributed by atoms with Crippen LogP contribution in [0.4, 0.5) is 20.3 Å². The fourth-order valence-corrected chi connectivity index (χ4v) is 2.91. The molecule has 0 spiro atoms. The molecule has 0 bridgehead atoms. The molecule has 1 aromatic heterocycles. The van der Waals surface area contributed by atoms with Crippen molar-refractivity contribution in [3.8, 4) is 5.88 Å². The molecular formula is C18H22F2N4O. The third-order valence-corrected chi connectivity index (χ3v) is 4.12. The van der Waals surface area contributed by atoms with E-state index in [1.807, 2.05) is 13.8 Å². The summed E-state index contributed by atoms with van der Waals surface area (Å²) in [6.45, 7) is 6.18. The second-order valence-corrected chi connectivity index (χ2v) is 6.46. The van der Waals surface area contributed by atoms with E-state index in [0.29, 0.717) is 29.8 Å². The lowest BCUT2D eigenvalue weighted by molar-refractivity contribution is 0.233. The maximum absolute atomic E-state index is 13.4. The molecule has 0 radical (unpaired) electrons. The van der Waals surface area contributed by atoms with Crippen molar-refractivity contribution < 1.29 is 13.5 Å². The Morgan fingerprint density at radius 2 is 2.04 bits per heavy atom. The van der Waals surface area contributed by atoms with Gasteiger partial charge in [-0.2, -0.15) is 0 Å². The summed E-state index contributed by atoms with van der Waals surface area (Å²) in [7, 11) is 0. The first-order valence-electron chi connectivity index (χ1n) is 8.44. The van der Waals surface area contributed by atoms with Crippen LogP contribution in [-0.2, 0) is 0 Å². The summed E-state index contributed by atoms with van der Waals surface area (Å²) in [6, 6.07) is 4.04. The van der Waals surface area contributed by atoms with Crippen molar-refractivity contribution >= 4 is 11.5 Å². The van der Waals surface area contributed by atoms with Crippen LogP contribution in [0.3, 0.4) is 0 Å². The normalized spacial score (nSPS) is 17.2. The molecule has 1 unspecified atom stereocenters. The molecule has 2 aromatic rings. The first-order valence-corrected chi connectivity index (χ1v) is 8.44. The smallest absolute Gasteiger partial charge is 0.257 e. The molecule has 3 rings (SSSR count). The van der Waals surface area contributed by atoms with Crippen LogP contribution in [0.15, 0.2) is 30.6 Å². The quantitative estimate of drug-likeness (QED) is 0.866. The van der Waals surface area contributed by atoms with Crippen molar-refractivity contribution in [2.75, 3.05) is 29.9 Å². The Labute approximate surface area is 146 Å². The van der Waals surface area contributed by atoms with Crippen LogP contribution in [0.2, 0.25) is 0 Å². The minimum Gasteiger partial charge on any atom is -0.472 e. The van der Waals surface area contributed by atoms with Crippen LogP contribution in [0.1, 0.15) is 20.3 Å². The summed E-state index contributed by atoms with van der Waals surface area (Å²) in [4.78, 5) is 10.6. The predicted molar refractivity (Wildman–Crippen MR) is 93.0 cm³/mol. The lowest BCUT2D eigenvalue weighted by Gasteiger charge is -2.19. The highest BCUT2D eigenvalue weighted by atomic mass is 19.2. The molecule has 1 aliphatic rings. The van der Waals surface area contributed by atoms with Gasteiger partial charge >= 0.3 is 0 Å². The molecule has 1 atom stereocenters. The van der Waals surface area contributed by atoms with Crippen molar-refractivity contribution in [2.45, 2.75) is 26.4 Å². The number of nitrogens with zero attached hydrogens (tertiary/aromatic N) is 3. The summed E-state index contributed by atoms with van der Waals surface area (Å²) in [5.74, 6) is -0.131. The van der Waals surface area contributed by atoms with Gasteiger partial charge in [-0.05, 0) is 38.3 Å². The zero-order valence-electron chi connectivity index (χ0n) is 14.4. The van der Waals surface area contributed by atoms with Crippen LogP contribution in [0.25, 0.3) is 0 Å². The van der Waals surface area contributed by atoms with E-state index in [9.17, 15) is 8.78 Å². The van der Waals surface area contributed by atoms with Crippen molar-refractivity contribution in [3.63, 3.8) is 0 Å². The van der Waals surface area contributed by atoms with Gasteiger partial charge in [0.1, 0.15) is 0 Å². The molecule has 5 nitrogen and oxygen atoms in total. The lowest BCUT2D eigenvalue weighted by atomic mass is 10.1. The van der Waals surface area contributed by atoms with Gasteiger partial charge in [-0.15, -0.1) is 0 Å². The fourth-order valence-electron chi connectivity index (χ4n) is 2.91. The highest BCUT2D eigenvalue weighted by molar-refractivity contribution is 5.48. The van der Waals surface area contributed by atoms with E-state index in [1.54, 1.807) is 18.5 Å². The third kappa shape index (κ3) is 4.35. The summed E-state index contributed by atoms with van der Waals surface area (Å²) < 4.78 is 32.1. The molecule has 0 amide bonds. The predicted octanol–water partition coefficient (Wildman–Crippen LogP) is 3.48. The molecular weight excluding hydrogens is 326 g/mol. The van der Waals surface area contributed by atoms with Gasteiger partial charge in [-0.1, -0.05) is 0 Å². The molecule has 1 fully saturated rings. The zero-order valence-corrected chi connectivity index (χ0v) is 14.4. The first kappa shape index (κ1) is 17.4. The monoisotopic (exact) mass is 348 g/mol. The van der Waals surface area contributed by atoms with Gasteiger partial charge in [0, 0.05) is 43.8 Å². The lowest BCUT2D eigenvalue weighted by Crippen LogP contribution is -2.23. The van der Waals surface area contributed by atoms with Gasteiger partial charge in [-0.3, -0.25) is 0 Å². The molecule has 1 saturated heterocycles. The van der Waals surface area contributed by atoms with Crippen molar-refractivity contribution in [2.24, 2.45) is 5.92 Å². The molecule has 0 saturated carbocycles. The molecule has 134 valence electrons. The summed E-state index contributed by atoms with van der Waals surface area (Å²) in [5.41, 5.74) is 0.713.